The molecule has 1 aromatic carbocycles. The van der Waals surface area contributed by atoms with Crippen LogP contribution in [-0.4, -0.2) is 24.9 Å². The van der Waals surface area contributed by atoms with Gasteiger partial charge in [0.05, 0.1) is 11.1 Å². The second kappa shape index (κ2) is 5.00. The van der Waals surface area contributed by atoms with Gasteiger partial charge in [0.2, 0.25) is 0 Å². The van der Waals surface area contributed by atoms with Crippen molar-refractivity contribution in [3.63, 3.8) is 0 Å². The maximum absolute atomic E-state index is 12.5. The zero-order valence-electron chi connectivity index (χ0n) is 10.1. The number of hydrogen-bond acceptors (Lipinski definition) is 4. The maximum atomic E-state index is 12.5. The molecule has 0 fully saturated rings. The molecule has 0 unspecified atom stereocenters. The summed E-state index contributed by atoms with van der Waals surface area (Å²) >= 11 is 0. The molecule has 2 aromatic rings. The van der Waals surface area contributed by atoms with E-state index in [1.165, 1.54) is 18.2 Å². The molecule has 0 saturated heterocycles. The van der Waals surface area contributed by atoms with Crippen molar-refractivity contribution in [1.29, 1.82) is 0 Å². The first-order valence-electron chi connectivity index (χ1n) is 5.30. The number of nitrogens with two attached hydrogens (primary N) is 1. The fourth-order valence-electron chi connectivity index (χ4n) is 1.64. The van der Waals surface area contributed by atoms with Gasteiger partial charge in [-0.05, 0) is 12.1 Å². The van der Waals surface area contributed by atoms with E-state index >= 15 is 0 Å². The summed E-state index contributed by atoms with van der Waals surface area (Å²) in [5.41, 5.74) is 6.14. The monoisotopic (exact) mass is 300 g/mol. The van der Waals surface area contributed by atoms with Crippen molar-refractivity contribution in [2.24, 2.45) is 4.40 Å². The third kappa shape index (κ3) is 2.52. The van der Waals surface area contributed by atoms with Crippen LogP contribution in [0.2, 0.25) is 0 Å². The zero-order valence-corrected chi connectivity index (χ0v) is 10.9. The van der Waals surface area contributed by atoms with Gasteiger partial charge in [0.25, 0.3) is 10.0 Å². The van der Waals surface area contributed by atoms with Crippen LogP contribution in [0.4, 0.5) is 14.5 Å². The van der Waals surface area contributed by atoms with E-state index in [9.17, 15) is 17.2 Å². The quantitative estimate of drug-likeness (QED) is 0.690. The van der Waals surface area contributed by atoms with Crippen LogP contribution in [0.3, 0.4) is 0 Å². The number of sulfonamides is 1. The maximum Gasteiger partial charge on any atom is 0.333 e. The minimum atomic E-state index is -4.00. The van der Waals surface area contributed by atoms with Crippen LogP contribution in [0.25, 0.3) is 11.1 Å². The molecule has 9 heteroatoms. The second-order valence-electron chi connectivity index (χ2n) is 3.85. The SMILES string of the molecule is C=NS(=O)(=O)c1cc(N)ccc1-c1cnn(C(F)F)c1. The Kier molecular flexibility index (Phi) is 3.53. The molecular formula is C11H10F2N4O2S. The Labute approximate surface area is 113 Å². The topological polar surface area (TPSA) is 90.3 Å². The molecule has 0 radical (unpaired) electrons. The van der Waals surface area contributed by atoms with Crippen molar-refractivity contribution in [2.45, 2.75) is 11.4 Å². The van der Waals surface area contributed by atoms with Crippen LogP contribution in [-0.2, 0) is 10.0 Å². The molecule has 20 heavy (non-hydrogen) atoms. The third-order valence-electron chi connectivity index (χ3n) is 2.57. The van der Waals surface area contributed by atoms with Gasteiger partial charge in [-0.3, -0.25) is 0 Å². The normalized spacial score (nSPS) is 11.8. The van der Waals surface area contributed by atoms with Crippen molar-refractivity contribution in [3.05, 3.63) is 30.6 Å². The van der Waals surface area contributed by atoms with Crippen LogP contribution in [0.5, 0.6) is 0 Å². The molecule has 1 heterocycles. The predicted molar refractivity (Wildman–Crippen MR) is 70.1 cm³/mol. The fourth-order valence-corrected chi connectivity index (χ4v) is 2.53. The molecule has 0 aliphatic heterocycles. The smallest absolute Gasteiger partial charge is 0.333 e. The highest BCUT2D eigenvalue weighted by Crippen LogP contribution is 2.30. The Morgan fingerprint density at radius 3 is 2.65 bits per heavy atom. The number of nitrogen functional groups attached to an aromatic ring is 1. The minimum absolute atomic E-state index is 0.179. The third-order valence-corrected chi connectivity index (χ3v) is 3.80. The van der Waals surface area contributed by atoms with Crippen molar-refractivity contribution < 1.29 is 17.2 Å². The van der Waals surface area contributed by atoms with Gasteiger partial charge in [-0.25, -0.2) is 4.68 Å². The number of rotatable bonds is 4. The lowest BCUT2D eigenvalue weighted by Crippen LogP contribution is -2.00. The lowest BCUT2D eigenvalue weighted by atomic mass is 10.1. The van der Waals surface area contributed by atoms with Crippen molar-refractivity contribution in [3.8, 4) is 11.1 Å². The molecule has 0 aliphatic rings. The average molecular weight is 300 g/mol. The summed E-state index contributed by atoms with van der Waals surface area (Å²) in [6.07, 6.45) is 2.18. The Morgan fingerprint density at radius 1 is 1.40 bits per heavy atom. The number of benzene rings is 1. The highest BCUT2D eigenvalue weighted by Gasteiger charge is 2.20. The van der Waals surface area contributed by atoms with Gasteiger partial charge in [-0.1, -0.05) is 6.07 Å². The van der Waals surface area contributed by atoms with Crippen molar-refractivity contribution in [2.75, 3.05) is 5.73 Å². The molecule has 106 valence electrons. The molecule has 0 atom stereocenters. The molecule has 2 N–H and O–H groups in total. The standard InChI is InChI=1S/C11H10F2N4O2S/c1-15-20(18,19)10-4-8(14)2-3-9(10)7-5-16-17(6-7)11(12)13/h2-6,11H,1,14H2. The average Bonchev–Trinajstić information content (AvgIpc) is 2.88. The number of nitrogens with zero attached hydrogens (tertiary/aromatic N) is 3. The molecule has 0 saturated carbocycles. The Balaban J connectivity index is 2.65. The van der Waals surface area contributed by atoms with E-state index in [2.05, 4.69) is 16.2 Å². The van der Waals surface area contributed by atoms with Gasteiger partial charge in [0.15, 0.2) is 0 Å². The van der Waals surface area contributed by atoms with Gasteiger partial charge in [0.1, 0.15) is 0 Å². The van der Waals surface area contributed by atoms with E-state index < -0.39 is 16.6 Å². The zero-order chi connectivity index (χ0) is 14.9. The summed E-state index contributed by atoms with van der Waals surface area (Å²) in [6.45, 7) is 0.177. The second-order valence-corrected chi connectivity index (χ2v) is 5.49. The summed E-state index contributed by atoms with van der Waals surface area (Å²) in [7, 11) is -4.00. The molecule has 0 amide bonds. The minimum Gasteiger partial charge on any atom is -0.399 e. The van der Waals surface area contributed by atoms with Crippen LogP contribution < -0.4 is 5.73 Å². The van der Waals surface area contributed by atoms with Crippen LogP contribution in [0.15, 0.2) is 39.9 Å². The predicted octanol–water partition coefficient (Wildman–Crippen LogP) is 1.92. The molecular weight excluding hydrogens is 290 g/mol. The van der Waals surface area contributed by atoms with E-state index in [1.807, 2.05) is 0 Å². The van der Waals surface area contributed by atoms with E-state index in [0.29, 0.717) is 4.68 Å². The molecule has 1 aromatic heterocycles. The number of aromatic nitrogens is 2. The summed E-state index contributed by atoms with van der Waals surface area (Å²) < 4.78 is 52.1. The highest BCUT2D eigenvalue weighted by atomic mass is 32.2. The van der Waals surface area contributed by atoms with Crippen LogP contribution >= 0.6 is 0 Å². The van der Waals surface area contributed by atoms with E-state index in [1.54, 1.807) is 0 Å². The molecule has 6 nitrogen and oxygen atoms in total. The molecule has 0 aliphatic carbocycles. The molecule has 2 rings (SSSR count). The molecule has 0 spiro atoms. The van der Waals surface area contributed by atoms with Gasteiger partial charge < -0.3 is 5.73 Å². The van der Waals surface area contributed by atoms with E-state index in [4.69, 9.17) is 5.73 Å². The summed E-state index contributed by atoms with van der Waals surface area (Å²) in [5.74, 6) is 0. The first-order chi connectivity index (χ1) is 9.35. The first kappa shape index (κ1) is 14.1. The van der Waals surface area contributed by atoms with E-state index in [0.717, 1.165) is 12.4 Å². The summed E-state index contributed by atoms with van der Waals surface area (Å²) in [6, 6.07) is 4.05. The van der Waals surface area contributed by atoms with E-state index in [-0.39, 0.29) is 21.7 Å². The fraction of sp³-hybridized carbons (Fsp3) is 0.0909. The Morgan fingerprint density at radius 2 is 2.10 bits per heavy atom. The number of anilines is 1. The van der Waals surface area contributed by atoms with Gasteiger partial charge in [-0.2, -0.15) is 26.7 Å². The number of alkyl halides is 2. The Hall–Kier alpha value is -2.29. The summed E-state index contributed by atoms with van der Waals surface area (Å²) in [5, 5.41) is 3.46. The highest BCUT2D eigenvalue weighted by molar-refractivity contribution is 7.90. The molecule has 0 bridgehead atoms. The van der Waals surface area contributed by atoms with Crippen LogP contribution in [0.1, 0.15) is 6.55 Å². The van der Waals surface area contributed by atoms with Gasteiger partial charge >= 0.3 is 6.55 Å². The number of hydrogen-bond donors (Lipinski definition) is 1. The van der Waals surface area contributed by atoms with Crippen molar-refractivity contribution in [1.82, 2.24) is 9.78 Å². The van der Waals surface area contributed by atoms with Crippen molar-refractivity contribution >= 4 is 22.4 Å². The van der Waals surface area contributed by atoms with Gasteiger partial charge in [0, 0.05) is 29.7 Å². The Bertz CT molecular complexity index is 756. The first-order valence-corrected chi connectivity index (χ1v) is 6.74. The lowest BCUT2D eigenvalue weighted by molar-refractivity contribution is 0.0566. The number of halogens is 2. The summed E-state index contributed by atoms with van der Waals surface area (Å²) in [4.78, 5) is -0.207. The van der Waals surface area contributed by atoms with Gasteiger partial charge in [-0.15, -0.1) is 0 Å². The largest absolute Gasteiger partial charge is 0.399 e. The lowest BCUT2D eigenvalue weighted by Gasteiger charge is -2.06. The van der Waals surface area contributed by atoms with Crippen LogP contribution in [0, 0.1) is 0 Å².